The molecule has 0 saturated carbocycles. The average molecular weight is 429 g/mol. The van der Waals surface area contributed by atoms with E-state index in [2.05, 4.69) is 22.1 Å². The van der Waals surface area contributed by atoms with Crippen LogP contribution >= 0.6 is 0 Å². The third kappa shape index (κ3) is 4.24. The summed E-state index contributed by atoms with van der Waals surface area (Å²) < 4.78 is 5.94. The van der Waals surface area contributed by atoms with Gasteiger partial charge in [-0.1, -0.05) is 36.4 Å². The van der Waals surface area contributed by atoms with Gasteiger partial charge in [-0.05, 0) is 23.5 Å². The fourth-order valence-corrected chi connectivity index (χ4v) is 2.48. The molecule has 26 heavy (non-hydrogen) atoms. The van der Waals surface area contributed by atoms with Gasteiger partial charge in [-0.3, -0.25) is 0 Å². The van der Waals surface area contributed by atoms with Gasteiger partial charge < -0.3 is 14.7 Å². The molecule has 0 N–H and O–H groups in total. The van der Waals surface area contributed by atoms with Crippen LogP contribution in [0, 0.1) is 12.1 Å². The molecule has 0 aliphatic heterocycles. The molecule has 128 valence electrons. The van der Waals surface area contributed by atoms with Crippen LogP contribution in [0.25, 0.3) is 22.5 Å². The maximum atomic E-state index is 5.94. The third-order valence-corrected chi connectivity index (χ3v) is 3.64. The molecule has 4 heteroatoms. The zero-order valence-corrected chi connectivity index (χ0v) is 15.3. The zero-order chi connectivity index (χ0) is 16.9. The van der Waals surface area contributed by atoms with Gasteiger partial charge in [0.25, 0.3) is 0 Å². The van der Waals surface area contributed by atoms with Crippen LogP contribution in [-0.2, 0) is 20.4 Å². The van der Waals surface area contributed by atoms with Gasteiger partial charge in [0.15, 0.2) is 0 Å². The first-order chi connectivity index (χ1) is 12.4. The molecule has 2 heterocycles. The molecule has 3 nitrogen and oxygen atoms in total. The maximum absolute atomic E-state index is 5.94. The first-order valence-electron chi connectivity index (χ1n) is 7.94. The Labute approximate surface area is 166 Å². The van der Waals surface area contributed by atoms with E-state index in [4.69, 9.17) is 4.74 Å². The zero-order valence-electron chi connectivity index (χ0n) is 13.7. The summed E-state index contributed by atoms with van der Waals surface area (Å²) in [5, 5.41) is 0. The van der Waals surface area contributed by atoms with Crippen molar-refractivity contribution in [2.24, 2.45) is 0 Å². The second-order valence-electron chi connectivity index (χ2n) is 5.39. The van der Waals surface area contributed by atoms with E-state index in [0.29, 0.717) is 11.5 Å². The van der Waals surface area contributed by atoms with Crippen LogP contribution in [-0.4, -0.2) is 9.97 Å². The van der Waals surface area contributed by atoms with E-state index in [0.717, 1.165) is 22.5 Å². The van der Waals surface area contributed by atoms with Gasteiger partial charge in [-0.15, -0.1) is 47.5 Å². The van der Waals surface area contributed by atoms with Crippen LogP contribution in [0.15, 0.2) is 85.2 Å². The molecule has 0 bridgehead atoms. The van der Waals surface area contributed by atoms with Gasteiger partial charge in [-0.25, -0.2) is 0 Å². The molecule has 0 unspecified atom stereocenters. The smallest absolute Gasteiger partial charge is 0.497 e. The number of rotatable bonds is 4. The predicted molar refractivity (Wildman–Crippen MR) is 97.1 cm³/mol. The van der Waals surface area contributed by atoms with Crippen molar-refractivity contribution >= 4 is 0 Å². The number of pyridine rings is 2. The van der Waals surface area contributed by atoms with Gasteiger partial charge in [0.05, 0.1) is 0 Å². The number of nitrogens with zero attached hydrogens (tertiary/aromatic N) is 2. The standard InChI is InChI=1S/C22H14N2O.Pd/c1-3-13-23-21(11-1)17-7-5-9-19(15-17)25-20-10-6-8-18(16-20)22-12-2-4-14-24-22;/h1-14H;/q-2;+2. The molecule has 0 amide bonds. The molecular weight excluding hydrogens is 415 g/mol. The minimum atomic E-state index is 0. The summed E-state index contributed by atoms with van der Waals surface area (Å²) in [5.74, 6) is 1.25. The molecule has 0 radical (unpaired) electrons. The number of hydrogen-bond acceptors (Lipinski definition) is 3. The van der Waals surface area contributed by atoms with Crippen molar-refractivity contribution in [3.8, 4) is 34.0 Å². The van der Waals surface area contributed by atoms with E-state index in [-0.39, 0.29) is 20.4 Å². The van der Waals surface area contributed by atoms with Gasteiger partial charge >= 0.3 is 20.4 Å². The number of benzene rings is 2. The molecule has 4 aromatic rings. The van der Waals surface area contributed by atoms with E-state index >= 15 is 0 Å². The Hall–Kier alpha value is -2.80. The quantitative estimate of drug-likeness (QED) is 0.331. The van der Waals surface area contributed by atoms with Crippen LogP contribution < -0.4 is 4.74 Å². The van der Waals surface area contributed by atoms with Gasteiger partial charge in [0.2, 0.25) is 0 Å². The molecule has 2 aromatic heterocycles. The van der Waals surface area contributed by atoms with Gasteiger partial charge in [-0.2, -0.15) is 0 Å². The number of hydrogen-bond donors (Lipinski definition) is 0. The second-order valence-corrected chi connectivity index (χ2v) is 5.39. The van der Waals surface area contributed by atoms with E-state index in [1.54, 1.807) is 12.4 Å². The first kappa shape index (κ1) is 18.0. The summed E-state index contributed by atoms with van der Waals surface area (Å²) in [7, 11) is 0. The summed E-state index contributed by atoms with van der Waals surface area (Å²) in [4.78, 5) is 8.70. The third-order valence-electron chi connectivity index (χ3n) is 3.64. The fraction of sp³-hybridized carbons (Fsp3) is 0. The summed E-state index contributed by atoms with van der Waals surface area (Å²) in [6.45, 7) is 0. The first-order valence-corrected chi connectivity index (χ1v) is 7.94. The van der Waals surface area contributed by atoms with E-state index in [9.17, 15) is 0 Å². The fourth-order valence-electron chi connectivity index (χ4n) is 2.48. The van der Waals surface area contributed by atoms with Crippen LogP contribution in [0.4, 0.5) is 0 Å². The van der Waals surface area contributed by atoms with Crippen LogP contribution in [0.1, 0.15) is 0 Å². The van der Waals surface area contributed by atoms with Crippen molar-refractivity contribution in [3.63, 3.8) is 0 Å². The average Bonchev–Trinajstić information content (AvgIpc) is 2.70. The van der Waals surface area contributed by atoms with Crippen LogP contribution in [0.3, 0.4) is 0 Å². The summed E-state index contributed by atoms with van der Waals surface area (Å²) >= 11 is 0. The topological polar surface area (TPSA) is 35.0 Å². The van der Waals surface area contributed by atoms with E-state index < -0.39 is 0 Å². The Kier molecular flexibility index (Phi) is 5.91. The Bertz CT molecular complexity index is 894. The molecule has 0 fully saturated rings. The van der Waals surface area contributed by atoms with Crippen molar-refractivity contribution in [3.05, 3.63) is 97.3 Å². The number of aromatic nitrogens is 2. The normalized spacial score (nSPS) is 10.0. The number of ether oxygens (including phenoxy) is 1. The summed E-state index contributed by atoms with van der Waals surface area (Å²) in [6.07, 6.45) is 3.53. The van der Waals surface area contributed by atoms with Crippen molar-refractivity contribution in [1.82, 2.24) is 9.97 Å². The van der Waals surface area contributed by atoms with Crippen molar-refractivity contribution < 1.29 is 25.2 Å². The molecule has 2 aromatic carbocycles. The van der Waals surface area contributed by atoms with E-state index in [1.165, 1.54) is 0 Å². The van der Waals surface area contributed by atoms with Crippen molar-refractivity contribution in [2.75, 3.05) is 0 Å². The van der Waals surface area contributed by atoms with Gasteiger partial charge in [0.1, 0.15) is 0 Å². The largest absolute Gasteiger partial charge is 2.00 e. The molecule has 0 atom stereocenters. The van der Waals surface area contributed by atoms with E-state index in [1.807, 2.05) is 72.8 Å². The summed E-state index contributed by atoms with van der Waals surface area (Å²) in [6, 6.07) is 29.6. The molecule has 0 aliphatic rings. The Morgan fingerprint density at radius 1 is 0.577 bits per heavy atom. The molecular formula is C22H14N2OPd. The minimum absolute atomic E-state index is 0. The predicted octanol–water partition coefficient (Wildman–Crippen LogP) is 5.20. The molecule has 0 saturated heterocycles. The molecule has 0 spiro atoms. The second kappa shape index (κ2) is 8.53. The molecule has 4 rings (SSSR count). The van der Waals surface area contributed by atoms with Crippen molar-refractivity contribution in [1.29, 1.82) is 0 Å². The van der Waals surface area contributed by atoms with Crippen LogP contribution in [0.2, 0.25) is 0 Å². The maximum Gasteiger partial charge on any atom is 2.00 e. The Balaban J connectivity index is 0.00000196. The SMILES string of the molecule is [Pd+2].[c-]1c(Oc2[c-]c(-c3ccccn3)ccc2)cccc1-c1ccccn1. The summed E-state index contributed by atoms with van der Waals surface area (Å²) in [5.41, 5.74) is 3.50. The minimum Gasteiger partial charge on any atom is -0.497 e. The Morgan fingerprint density at radius 2 is 1.08 bits per heavy atom. The van der Waals surface area contributed by atoms with Gasteiger partial charge in [0, 0.05) is 23.9 Å². The molecule has 0 aliphatic carbocycles. The monoisotopic (exact) mass is 428 g/mol. The van der Waals surface area contributed by atoms with Crippen LogP contribution in [0.5, 0.6) is 11.5 Å². The Morgan fingerprint density at radius 3 is 1.50 bits per heavy atom. The van der Waals surface area contributed by atoms with Crippen molar-refractivity contribution in [2.45, 2.75) is 0 Å².